The smallest absolute Gasteiger partial charge is 0.321 e. The van der Waals surface area contributed by atoms with Crippen LogP contribution >= 0.6 is 0 Å². The van der Waals surface area contributed by atoms with Crippen LogP contribution in [-0.4, -0.2) is 81.4 Å². The van der Waals surface area contributed by atoms with E-state index in [0.29, 0.717) is 12.0 Å². The third-order valence-electron chi connectivity index (χ3n) is 4.93. The molecule has 7 atom stereocenters. The number of nitrogens with two attached hydrogens (primary N) is 1. The quantitative estimate of drug-likeness (QED) is 0.121. The maximum absolute atomic E-state index is 12.6. The number of hydrogen-bond acceptors (Lipinski definition) is 10. The molecule has 0 saturated carbocycles. The second kappa shape index (κ2) is 9.49. The van der Waals surface area contributed by atoms with Crippen molar-refractivity contribution in [2.45, 2.75) is 56.0 Å². The first-order valence-electron chi connectivity index (χ1n) is 9.20. The van der Waals surface area contributed by atoms with Gasteiger partial charge in [0, 0.05) is 12.6 Å². The van der Waals surface area contributed by atoms with E-state index in [1.165, 1.54) is 19.1 Å². The summed E-state index contributed by atoms with van der Waals surface area (Å²) in [4.78, 5) is 35.6. The van der Waals surface area contributed by atoms with Gasteiger partial charge in [0.15, 0.2) is 6.10 Å². The minimum absolute atomic E-state index is 0.265. The first kappa shape index (κ1) is 23.7. The highest BCUT2D eigenvalue weighted by Crippen LogP contribution is 2.33. The van der Waals surface area contributed by atoms with E-state index in [-0.39, 0.29) is 5.56 Å². The van der Waals surface area contributed by atoms with Gasteiger partial charge in [0.1, 0.15) is 36.6 Å². The van der Waals surface area contributed by atoms with E-state index in [1.807, 2.05) is 0 Å². The Labute approximate surface area is 172 Å². The summed E-state index contributed by atoms with van der Waals surface area (Å²) in [5, 5.41) is 43.1. The van der Waals surface area contributed by atoms with E-state index in [4.69, 9.17) is 15.2 Å². The number of aldehydes is 1. The zero-order valence-corrected chi connectivity index (χ0v) is 16.5. The van der Waals surface area contributed by atoms with Crippen molar-refractivity contribution in [1.29, 1.82) is 0 Å². The molecule has 0 spiro atoms. The number of anilines is 1. The van der Waals surface area contributed by atoms with Gasteiger partial charge in [-0.1, -0.05) is 12.1 Å². The van der Waals surface area contributed by atoms with E-state index < -0.39 is 60.6 Å². The monoisotopic (exact) mass is 426 g/mol. The van der Waals surface area contributed by atoms with Crippen molar-refractivity contribution in [3.63, 3.8) is 0 Å². The SMILES string of the molecule is CC(=O)N[C@@H]1[C@@H](O)[C@H](O)[C@@H](CO)OC1(O)C(C)OC(=O)C(C=O)c1cccc(N)c1. The normalized spacial score (nSPS) is 30.7. The first-order valence-corrected chi connectivity index (χ1v) is 9.20. The largest absolute Gasteiger partial charge is 0.456 e. The minimum atomic E-state index is -2.52. The zero-order chi connectivity index (χ0) is 22.6. The van der Waals surface area contributed by atoms with Gasteiger partial charge in [0.05, 0.1) is 6.61 Å². The molecular weight excluding hydrogens is 400 g/mol. The number of aliphatic hydroxyl groups is 4. The molecule has 0 aliphatic carbocycles. The Hall–Kier alpha value is -2.57. The number of esters is 1. The topological polar surface area (TPSA) is 189 Å². The predicted molar refractivity (Wildman–Crippen MR) is 102 cm³/mol. The molecule has 2 rings (SSSR count). The van der Waals surface area contributed by atoms with Crippen LogP contribution in [0.2, 0.25) is 0 Å². The molecule has 1 aromatic carbocycles. The van der Waals surface area contributed by atoms with E-state index >= 15 is 0 Å². The van der Waals surface area contributed by atoms with Gasteiger partial charge in [0.25, 0.3) is 0 Å². The number of rotatable bonds is 7. The Morgan fingerprint density at radius 1 is 1.37 bits per heavy atom. The maximum Gasteiger partial charge on any atom is 0.321 e. The van der Waals surface area contributed by atoms with Crippen LogP contribution in [0.4, 0.5) is 5.69 Å². The first-order chi connectivity index (χ1) is 14.0. The average Bonchev–Trinajstić information content (AvgIpc) is 2.68. The second-order valence-electron chi connectivity index (χ2n) is 7.11. The van der Waals surface area contributed by atoms with Crippen molar-refractivity contribution in [3.05, 3.63) is 29.8 Å². The number of ether oxygens (including phenoxy) is 2. The van der Waals surface area contributed by atoms with E-state index in [1.54, 1.807) is 12.1 Å². The van der Waals surface area contributed by atoms with Crippen LogP contribution in [-0.2, 0) is 23.9 Å². The van der Waals surface area contributed by atoms with Gasteiger partial charge in [-0.2, -0.15) is 0 Å². The third kappa shape index (κ3) is 4.77. The van der Waals surface area contributed by atoms with Gasteiger partial charge in [-0.3, -0.25) is 9.59 Å². The fourth-order valence-corrected chi connectivity index (χ4v) is 3.30. The highest BCUT2D eigenvalue weighted by atomic mass is 16.7. The summed E-state index contributed by atoms with van der Waals surface area (Å²) in [6.45, 7) is 1.55. The summed E-state index contributed by atoms with van der Waals surface area (Å²) in [6.07, 6.45) is -5.99. The Balaban J connectivity index is 2.29. The number of carbonyl (C=O) groups excluding carboxylic acids is 3. The number of hydrogen-bond donors (Lipinski definition) is 6. The van der Waals surface area contributed by atoms with Crippen LogP contribution in [0.1, 0.15) is 25.3 Å². The van der Waals surface area contributed by atoms with Crippen LogP contribution in [0.15, 0.2) is 24.3 Å². The molecule has 1 heterocycles. The zero-order valence-electron chi connectivity index (χ0n) is 16.5. The number of nitrogens with one attached hydrogen (secondary N) is 1. The average molecular weight is 426 g/mol. The lowest BCUT2D eigenvalue weighted by atomic mass is 9.87. The van der Waals surface area contributed by atoms with Crippen molar-refractivity contribution in [3.8, 4) is 0 Å². The fraction of sp³-hybridized carbons (Fsp3) is 0.526. The summed E-state index contributed by atoms with van der Waals surface area (Å²) < 4.78 is 10.5. The molecule has 7 N–H and O–H groups in total. The van der Waals surface area contributed by atoms with Crippen molar-refractivity contribution in [2.24, 2.45) is 0 Å². The number of amides is 1. The predicted octanol–water partition coefficient (Wildman–Crippen LogP) is -2.21. The number of nitrogen functional groups attached to an aromatic ring is 1. The minimum Gasteiger partial charge on any atom is -0.456 e. The van der Waals surface area contributed by atoms with E-state index in [0.717, 1.165) is 6.92 Å². The third-order valence-corrected chi connectivity index (χ3v) is 4.93. The van der Waals surface area contributed by atoms with Crippen LogP contribution < -0.4 is 11.1 Å². The molecule has 0 radical (unpaired) electrons. The standard InChI is InChI=1S/C19H26N2O9/c1-9(29-18(27)13(7-22)11-4-3-5-12(20)6-11)19(28)17(21-10(2)24)16(26)15(25)14(8-23)30-19/h3-7,9,13-17,23,25-26,28H,8,20H2,1-2H3,(H,21,24)/t9?,13?,14-,15-,16+,17-,19?/m1/s1. The summed E-state index contributed by atoms with van der Waals surface area (Å²) >= 11 is 0. The molecule has 0 bridgehead atoms. The molecule has 0 aromatic heterocycles. The van der Waals surface area contributed by atoms with Gasteiger partial charge in [-0.05, 0) is 24.6 Å². The highest BCUT2D eigenvalue weighted by Gasteiger charge is 2.57. The number of benzene rings is 1. The van der Waals surface area contributed by atoms with Crippen molar-refractivity contribution in [1.82, 2.24) is 5.32 Å². The highest BCUT2D eigenvalue weighted by molar-refractivity contribution is 5.94. The summed E-state index contributed by atoms with van der Waals surface area (Å²) in [7, 11) is 0. The van der Waals surface area contributed by atoms with Crippen molar-refractivity contribution >= 4 is 23.9 Å². The van der Waals surface area contributed by atoms with Crippen LogP contribution in [0.5, 0.6) is 0 Å². The van der Waals surface area contributed by atoms with Crippen LogP contribution in [0.3, 0.4) is 0 Å². The number of carbonyl (C=O) groups is 3. The van der Waals surface area contributed by atoms with Crippen molar-refractivity contribution < 1.29 is 44.3 Å². The fourth-order valence-electron chi connectivity index (χ4n) is 3.30. The molecular formula is C19H26N2O9. The van der Waals surface area contributed by atoms with Crippen molar-refractivity contribution in [2.75, 3.05) is 12.3 Å². The summed E-state index contributed by atoms with van der Waals surface area (Å²) in [6, 6.07) is 4.43. The maximum atomic E-state index is 12.6. The molecule has 1 amide bonds. The van der Waals surface area contributed by atoms with Gasteiger partial charge < -0.3 is 45.7 Å². The van der Waals surface area contributed by atoms with E-state index in [2.05, 4.69) is 5.32 Å². The van der Waals surface area contributed by atoms with Gasteiger partial charge >= 0.3 is 5.97 Å². The Morgan fingerprint density at radius 3 is 2.57 bits per heavy atom. The Kier molecular flexibility index (Phi) is 7.50. The molecule has 11 heteroatoms. The lowest BCUT2D eigenvalue weighted by Gasteiger charge is -2.49. The molecule has 1 aliphatic heterocycles. The second-order valence-corrected chi connectivity index (χ2v) is 7.11. The lowest BCUT2D eigenvalue weighted by molar-refractivity contribution is -0.346. The summed E-state index contributed by atoms with van der Waals surface area (Å²) in [5.74, 6) is -5.58. The molecule has 1 saturated heterocycles. The van der Waals surface area contributed by atoms with Gasteiger partial charge in [0.2, 0.25) is 11.7 Å². The molecule has 30 heavy (non-hydrogen) atoms. The summed E-state index contributed by atoms with van der Waals surface area (Å²) in [5.41, 5.74) is 6.26. The van der Waals surface area contributed by atoms with Gasteiger partial charge in [-0.15, -0.1) is 0 Å². The van der Waals surface area contributed by atoms with Crippen LogP contribution in [0, 0.1) is 0 Å². The Morgan fingerprint density at radius 2 is 2.03 bits per heavy atom. The van der Waals surface area contributed by atoms with Crippen LogP contribution in [0.25, 0.3) is 0 Å². The molecule has 1 aromatic rings. The van der Waals surface area contributed by atoms with E-state index in [9.17, 15) is 34.8 Å². The number of aliphatic hydroxyl groups excluding tert-OH is 3. The molecule has 11 nitrogen and oxygen atoms in total. The molecule has 3 unspecified atom stereocenters. The molecule has 1 aliphatic rings. The molecule has 166 valence electrons. The molecule has 1 fully saturated rings. The van der Waals surface area contributed by atoms with Gasteiger partial charge in [-0.25, -0.2) is 0 Å². The Bertz CT molecular complexity index is 789. The lowest BCUT2D eigenvalue weighted by Crippen LogP contribution is -2.73.